The lowest BCUT2D eigenvalue weighted by molar-refractivity contribution is -0.192. The van der Waals surface area contributed by atoms with Crippen molar-refractivity contribution in [3.8, 4) is 0 Å². The smallest absolute Gasteiger partial charge is 0.475 e. The van der Waals surface area contributed by atoms with Crippen LogP contribution in [-0.2, 0) is 20.9 Å². The number of carboxylic acids is 1. The number of carbonyl (C=O) groups is 2. The molecule has 1 N–H and O–H groups in total. The first-order valence-electron chi connectivity index (χ1n) is 10.1. The fourth-order valence-corrected chi connectivity index (χ4v) is 5.40. The Hall–Kier alpha value is -2.07. The number of alkyl halides is 3. The van der Waals surface area contributed by atoms with Crippen LogP contribution >= 0.6 is 11.8 Å². The average molecular weight is 459 g/mol. The molecule has 1 spiro atoms. The van der Waals surface area contributed by atoms with E-state index in [4.69, 9.17) is 14.6 Å². The number of hydrogen-bond acceptors (Lipinski definition) is 5. The number of thioether (sulfide) groups is 1. The van der Waals surface area contributed by atoms with Crippen molar-refractivity contribution in [2.45, 2.75) is 55.7 Å². The standard InChI is InChI=1S/C19H24N2O2S.C2HF3O2/c22-18(15-6-2-1-3-7-15)21-13-19(14-21)10-17(12-24-19)23-11-16-8-4-5-9-20-16;3-2(4,5)1(6)7/h4-6,8-9,17H,1-3,7,10-14H2;(H,6,7). The van der Waals surface area contributed by atoms with Crippen LogP contribution in [0, 0.1) is 0 Å². The summed E-state index contributed by atoms with van der Waals surface area (Å²) >= 11 is 1.98. The minimum absolute atomic E-state index is 0.236. The summed E-state index contributed by atoms with van der Waals surface area (Å²) in [7, 11) is 0. The van der Waals surface area contributed by atoms with Crippen molar-refractivity contribution in [1.29, 1.82) is 0 Å². The molecule has 1 aromatic heterocycles. The van der Waals surface area contributed by atoms with Crippen LogP contribution in [0.4, 0.5) is 13.2 Å². The van der Waals surface area contributed by atoms with Crippen molar-refractivity contribution in [3.05, 3.63) is 41.7 Å². The van der Waals surface area contributed by atoms with Gasteiger partial charge in [0.15, 0.2) is 0 Å². The molecular formula is C21H25F3N2O4S. The molecule has 170 valence electrons. The summed E-state index contributed by atoms with van der Waals surface area (Å²) in [5, 5.41) is 7.12. The Morgan fingerprint density at radius 1 is 1.29 bits per heavy atom. The van der Waals surface area contributed by atoms with Crippen LogP contribution in [0.25, 0.3) is 0 Å². The monoisotopic (exact) mass is 458 g/mol. The Kier molecular flexibility index (Phi) is 7.64. The fraction of sp³-hybridized carbons (Fsp3) is 0.571. The first kappa shape index (κ1) is 23.6. The van der Waals surface area contributed by atoms with Gasteiger partial charge in [0.05, 0.1) is 23.2 Å². The molecule has 0 radical (unpaired) electrons. The number of likely N-dealkylation sites (tertiary alicyclic amines) is 1. The number of amides is 1. The molecule has 1 unspecified atom stereocenters. The molecule has 4 rings (SSSR count). The minimum atomic E-state index is -5.08. The Labute approximate surface area is 182 Å². The molecule has 31 heavy (non-hydrogen) atoms. The number of pyridine rings is 1. The number of rotatable bonds is 4. The van der Waals surface area contributed by atoms with E-state index in [0.717, 1.165) is 55.8 Å². The SMILES string of the molecule is O=C(C1=CCCCC1)N1CC2(CC(OCc3ccccn3)CS2)C1.O=C(O)C(F)(F)F. The van der Waals surface area contributed by atoms with Crippen LogP contribution < -0.4 is 0 Å². The molecule has 2 fully saturated rings. The number of carboxylic acid groups (broad SMARTS) is 1. The van der Waals surface area contributed by atoms with Gasteiger partial charge < -0.3 is 14.7 Å². The molecule has 1 aromatic rings. The second-order valence-electron chi connectivity index (χ2n) is 7.89. The van der Waals surface area contributed by atoms with E-state index in [9.17, 15) is 18.0 Å². The van der Waals surface area contributed by atoms with Crippen LogP contribution in [0.3, 0.4) is 0 Å². The van der Waals surface area contributed by atoms with E-state index >= 15 is 0 Å². The predicted octanol–water partition coefficient (Wildman–Crippen LogP) is 3.82. The number of nitrogens with zero attached hydrogens (tertiary/aromatic N) is 2. The maximum absolute atomic E-state index is 12.5. The third-order valence-electron chi connectivity index (χ3n) is 5.42. The van der Waals surface area contributed by atoms with E-state index < -0.39 is 12.1 Å². The summed E-state index contributed by atoms with van der Waals surface area (Å²) in [5.74, 6) is -1.45. The molecule has 0 saturated carbocycles. The third kappa shape index (κ3) is 6.46. The highest BCUT2D eigenvalue weighted by Crippen LogP contribution is 2.46. The molecule has 10 heteroatoms. The van der Waals surface area contributed by atoms with Gasteiger partial charge in [0.2, 0.25) is 5.91 Å². The van der Waals surface area contributed by atoms with Gasteiger partial charge in [0.25, 0.3) is 0 Å². The summed E-state index contributed by atoms with van der Waals surface area (Å²) in [5.41, 5.74) is 2.03. The molecule has 3 heterocycles. The summed E-state index contributed by atoms with van der Waals surface area (Å²) < 4.78 is 38.0. The lowest BCUT2D eigenvalue weighted by Gasteiger charge is -2.48. The Morgan fingerprint density at radius 2 is 2.03 bits per heavy atom. The lowest BCUT2D eigenvalue weighted by atomic mass is 9.90. The number of ether oxygens (including phenoxy) is 1. The van der Waals surface area contributed by atoms with Gasteiger partial charge in [-0.1, -0.05) is 12.1 Å². The number of aromatic nitrogens is 1. The predicted molar refractivity (Wildman–Crippen MR) is 109 cm³/mol. The van der Waals surface area contributed by atoms with E-state index in [1.807, 2.05) is 34.9 Å². The number of allylic oxidation sites excluding steroid dienone is 1. The highest BCUT2D eigenvalue weighted by molar-refractivity contribution is 8.01. The zero-order valence-electron chi connectivity index (χ0n) is 16.9. The molecule has 0 bridgehead atoms. The molecule has 0 aromatic carbocycles. The van der Waals surface area contributed by atoms with Gasteiger partial charge in [0.1, 0.15) is 0 Å². The number of halogens is 3. The summed E-state index contributed by atoms with van der Waals surface area (Å²) in [6, 6.07) is 5.91. The van der Waals surface area contributed by atoms with E-state index in [1.165, 1.54) is 6.42 Å². The topological polar surface area (TPSA) is 79.7 Å². The lowest BCUT2D eigenvalue weighted by Crippen LogP contribution is -2.61. The minimum Gasteiger partial charge on any atom is -0.475 e. The van der Waals surface area contributed by atoms with Gasteiger partial charge in [-0.25, -0.2) is 4.79 Å². The van der Waals surface area contributed by atoms with Gasteiger partial charge >= 0.3 is 12.1 Å². The van der Waals surface area contributed by atoms with Crippen molar-refractivity contribution >= 4 is 23.6 Å². The van der Waals surface area contributed by atoms with E-state index in [-0.39, 0.29) is 16.8 Å². The second-order valence-corrected chi connectivity index (χ2v) is 9.38. The van der Waals surface area contributed by atoms with E-state index in [0.29, 0.717) is 6.61 Å². The summed E-state index contributed by atoms with van der Waals surface area (Å²) in [6.45, 7) is 2.35. The fourth-order valence-electron chi connectivity index (χ4n) is 3.85. The van der Waals surface area contributed by atoms with Gasteiger partial charge in [-0.3, -0.25) is 9.78 Å². The van der Waals surface area contributed by atoms with Gasteiger partial charge in [-0.2, -0.15) is 13.2 Å². The number of carbonyl (C=O) groups excluding carboxylic acids is 1. The maximum Gasteiger partial charge on any atom is 0.490 e. The normalized spacial score (nSPS) is 22.2. The van der Waals surface area contributed by atoms with Crippen molar-refractivity contribution in [3.63, 3.8) is 0 Å². The zero-order chi connectivity index (χ0) is 22.5. The summed E-state index contributed by atoms with van der Waals surface area (Å²) in [6.07, 6.45) is 4.62. The van der Waals surface area contributed by atoms with Crippen LogP contribution in [0.2, 0.25) is 0 Å². The Morgan fingerprint density at radius 3 is 2.61 bits per heavy atom. The molecular weight excluding hydrogens is 433 g/mol. The maximum atomic E-state index is 12.5. The quantitative estimate of drug-likeness (QED) is 0.739. The second kappa shape index (κ2) is 10.0. The molecule has 1 amide bonds. The Balaban J connectivity index is 0.000000339. The van der Waals surface area contributed by atoms with Crippen LogP contribution in [0.5, 0.6) is 0 Å². The van der Waals surface area contributed by atoms with E-state index in [1.54, 1.807) is 6.20 Å². The highest BCUT2D eigenvalue weighted by atomic mass is 32.2. The first-order valence-corrected chi connectivity index (χ1v) is 11.1. The summed E-state index contributed by atoms with van der Waals surface area (Å²) in [4.78, 5) is 27.8. The van der Waals surface area contributed by atoms with Gasteiger partial charge in [-0.05, 0) is 44.2 Å². The average Bonchev–Trinajstić information content (AvgIpc) is 3.17. The van der Waals surface area contributed by atoms with Gasteiger partial charge in [-0.15, -0.1) is 11.8 Å². The first-order chi connectivity index (χ1) is 14.7. The third-order valence-corrected chi connectivity index (χ3v) is 7.00. The van der Waals surface area contributed by atoms with Crippen molar-refractivity contribution < 1.29 is 32.6 Å². The van der Waals surface area contributed by atoms with Crippen molar-refractivity contribution in [1.82, 2.24) is 9.88 Å². The zero-order valence-corrected chi connectivity index (χ0v) is 17.8. The molecule has 2 aliphatic heterocycles. The number of aliphatic carboxylic acids is 1. The Bertz CT molecular complexity index is 811. The molecule has 2 saturated heterocycles. The number of hydrogen-bond donors (Lipinski definition) is 1. The molecule has 6 nitrogen and oxygen atoms in total. The van der Waals surface area contributed by atoms with Crippen molar-refractivity contribution in [2.75, 3.05) is 18.8 Å². The molecule has 3 aliphatic rings. The van der Waals surface area contributed by atoms with Crippen LogP contribution in [0.1, 0.15) is 37.8 Å². The van der Waals surface area contributed by atoms with Crippen LogP contribution in [-0.4, -0.2) is 62.7 Å². The van der Waals surface area contributed by atoms with Crippen LogP contribution in [0.15, 0.2) is 36.0 Å². The molecule has 1 atom stereocenters. The largest absolute Gasteiger partial charge is 0.490 e. The van der Waals surface area contributed by atoms with Gasteiger partial charge in [0, 0.05) is 30.6 Å². The van der Waals surface area contributed by atoms with Crippen molar-refractivity contribution in [2.24, 2.45) is 0 Å². The van der Waals surface area contributed by atoms with E-state index in [2.05, 4.69) is 11.1 Å². The highest BCUT2D eigenvalue weighted by Gasteiger charge is 2.51. The molecule has 1 aliphatic carbocycles.